The van der Waals surface area contributed by atoms with Gasteiger partial charge in [-0.05, 0) is 36.9 Å². The predicted octanol–water partition coefficient (Wildman–Crippen LogP) is 4.77. The number of halogens is 1. The topological polar surface area (TPSA) is 12.5 Å². The minimum absolute atomic E-state index is 0.203. The Morgan fingerprint density at radius 1 is 1.21 bits per heavy atom. The molecule has 1 aliphatic heterocycles. The molecule has 19 heavy (non-hydrogen) atoms. The lowest BCUT2D eigenvalue weighted by molar-refractivity contribution is 0.410. The largest absolute Gasteiger partial charge is 0.497 e. The second-order valence-corrected chi connectivity index (χ2v) is 4.66. The number of hydrogen-bond acceptors (Lipinski definition) is 3. The molecule has 0 unspecified atom stereocenters. The second kappa shape index (κ2) is 10.9. The van der Waals surface area contributed by atoms with Crippen LogP contribution in [-0.2, 0) is 0 Å². The molecule has 0 aliphatic carbocycles. The third-order valence-electron chi connectivity index (χ3n) is 2.43. The molecule has 2 rings (SSSR count). The number of ether oxygens (including phenoxy) is 1. The molecule has 2 nitrogen and oxygen atoms in total. The van der Waals surface area contributed by atoms with Crippen LogP contribution >= 0.6 is 11.9 Å². The van der Waals surface area contributed by atoms with Crippen molar-refractivity contribution in [1.29, 1.82) is 0 Å². The first-order chi connectivity index (χ1) is 9.29. The van der Waals surface area contributed by atoms with Gasteiger partial charge >= 0.3 is 0 Å². The lowest BCUT2D eigenvalue weighted by atomic mass is 10.3. The minimum Gasteiger partial charge on any atom is -0.497 e. The van der Waals surface area contributed by atoms with Crippen LogP contribution < -0.4 is 4.74 Å². The van der Waals surface area contributed by atoms with E-state index >= 15 is 0 Å². The standard InChI is InChI=1S/C11H14FNOS.C2H6.C2H4/c1-14-9-4-5-11(10(12)8-9)15-13-6-2-3-7-13;2*1-2/h4-5,8H,2-3,6-7H2,1H3;1-2H3;1-2H2. The zero-order valence-electron chi connectivity index (χ0n) is 12.1. The van der Waals surface area contributed by atoms with Gasteiger partial charge in [0.15, 0.2) is 0 Å². The molecule has 1 aromatic carbocycles. The molecule has 1 fully saturated rings. The second-order valence-electron chi connectivity index (χ2n) is 3.52. The number of rotatable bonds is 3. The van der Waals surface area contributed by atoms with Crippen molar-refractivity contribution in [2.45, 2.75) is 31.6 Å². The smallest absolute Gasteiger partial charge is 0.141 e. The number of nitrogens with zero attached hydrogens (tertiary/aromatic N) is 1. The molecule has 108 valence electrons. The molecular weight excluding hydrogens is 261 g/mol. The Morgan fingerprint density at radius 2 is 1.79 bits per heavy atom. The quantitative estimate of drug-likeness (QED) is 0.586. The Hall–Kier alpha value is -1.00. The summed E-state index contributed by atoms with van der Waals surface area (Å²) in [5.41, 5.74) is 0. The fourth-order valence-electron chi connectivity index (χ4n) is 1.60. The lowest BCUT2D eigenvalue weighted by Gasteiger charge is -2.13. The van der Waals surface area contributed by atoms with Crippen LogP contribution in [0.1, 0.15) is 26.7 Å². The van der Waals surface area contributed by atoms with E-state index in [9.17, 15) is 4.39 Å². The highest BCUT2D eigenvalue weighted by atomic mass is 32.2. The van der Waals surface area contributed by atoms with E-state index in [-0.39, 0.29) is 5.82 Å². The van der Waals surface area contributed by atoms with Crippen LogP contribution in [0.15, 0.2) is 36.3 Å². The first-order valence-electron chi connectivity index (χ1n) is 6.56. The van der Waals surface area contributed by atoms with Crippen molar-refractivity contribution in [1.82, 2.24) is 4.31 Å². The summed E-state index contributed by atoms with van der Waals surface area (Å²) in [5, 5.41) is 0. The number of benzene rings is 1. The van der Waals surface area contributed by atoms with Gasteiger partial charge in [0, 0.05) is 19.2 Å². The maximum atomic E-state index is 13.6. The number of hydrogen-bond donors (Lipinski definition) is 0. The Balaban J connectivity index is 0.000000741. The Kier molecular flexibility index (Phi) is 10.3. The van der Waals surface area contributed by atoms with Gasteiger partial charge < -0.3 is 4.74 Å². The number of methoxy groups -OCH3 is 1. The van der Waals surface area contributed by atoms with E-state index < -0.39 is 0 Å². The van der Waals surface area contributed by atoms with Crippen LogP contribution in [0.4, 0.5) is 4.39 Å². The average Bonchev–Trinajstić information content (AvgIpc) is 2.98. The molecule has 1 saturated heterocycles. The summed E-state index contributed by atoms with van der Waals surface area (Å²) in [6, 6.07) is 5.00. The zero-order valence-corrected chi connectivity index (χ0v) is 12.9. The Morgan fingerprint density at radius 3 is 2.26 bits per heavy atom. The van der Waals surface area contributed by atoms with E-state index in [1.165, 1.54) is 30.9 Å². The van der Waals surface area contributed by atoms with Gasteiger partial charge in [-0.1, -0.05) is 13.8 Å². The molecule has 0 bridgehead atoms. The molecule has 0 spiro atoms. The van der Waals surface area contributed by atoms with Gasteiger partial charge in [0.05, 0.1) is 12.0 Å². The fourth-order valence-corrected chi connectivity index (χ4v) is 2.60. The molecule has 0 aromatic heterocycles. The van der Waals surface area contributed by atoms with Crippen LogP contribution in [0.5, 0.6) is 5.75 Å². The highest BCUT2D eigenvalue weighted by molar-refractivity contribution is 7.97. The van der Waals surface area contributed by atoms with Gasteiger partial charge in [-0.3, -0.25) is 0 Å². The molecular formula is C15H24FNOS. The summed E-state index contributed by atoms with van der Waals surface area (Å²) >= 11 is 1.50. The van der Waals surface area contributed by atoms with E-state index in [0.29, 0.717) is 10.6 Å². The maximum Gasteiger partial charge on any atom is 0.141 e. The summed E-state index contributed by atoms with van der Waals surface area (Å²) in [7, 11) is 1.54. The van der Waals surface area contributed by atoms with Gasteiger partial charge in [0.25, 0.3) is 0 Å². The van der Waals surface area contributed by atoms with Crippen molar-refractivity contribution in [2.75, 3.05) is 20.2 Å². The van der Waals surface area contributed by atoms with Gasteiger partial charge in [0.2, 0.25) is 0 Å². The molecule has 1 heterocycles. The van der Waals surface area contributed by atoms with Crippen LogP contribution in [-0.4, -0.2) is 24.5 Å². The minimum atomic E-state index is -0.203. The summed E-state index contributed by atoms with van der Waals surface area (Å²) < 4.78 is 20.7. The maximum absolute atomic E-state index is 13.6. The molecule has 0 amide bonds. The first-order valence-corrected chi connectivity index (χ1v) is 7.33. The van der Waals surface area contributed by atoms with Gasteiger partial charge in [0.1, 0.15) is 11.6 Å². The van der Waals surface area contributed by atoms with Gasteiger partial charge in [-0.2, -0.15) is 0 Å². The molecule has 0 N–H and O–H groups in total. The first kappa shape index (κ1) is 18.0. The van der Waals surface area contributed by atoms with Crippen molar-refractivity contribution in [3.63, 3.8) is 0 Å². The van der Waals surface area contributed by atoms with E-state index in [2.05, 4.69) is 17.5 Å². The van der Waals surface area contributed by atoms with Crippen molar-refractivity contribution in [3.05, 3.63) is 37.2 Å². The normalized spacial score (nSPS) is 13.9. The van der Waals surface area contributed by atoms with Crippen molar-refractivity contribution in [2.24, 2.45) is 0 Å². The molecule has 1 aliphatic rings. The molecule has 4 heteroatoms. The Labute approximate surface area is 120 Å². The average molecular weight is 285 g/mol. The molecule has 0 radical (unpaired) electrons. The fraction of sp³-hybridized carbons (Fsp3) is 0.467. The van der Waals surface area contributed by atoms with E-state index in [0.717, 1.165) is 13.1 Å². The van der Waals surface area contributed by atoms with Crippen molar-refractivity contribution in [3.8, 4) is 5.75 Å². The van der Waals surface area contributed by atoms with Crippen LogP contribution in [0, 0.1) is 5.82 Å². The Bertz CT molecular complexity index is 354. The van der Waals surface area contributed by atoms with E-state index in [4.69, 9.17) is 4.74 Å². The third kappa shape index (κ3) is 6.12. The van der Waals surface area contributed by atoms with Crippen molar-refractivity contribution < 1.29 is 9.13 Å². The van der Waals surface area contributed by atoms with Crippen LogP contribution in [0.3, 0.4) is 0 Å². The molecule has 0 saturated carbocycles. The third-order valence-corrected chi connectivity index (χ3v) is 3.58. The zero-order chi connectivity index (χ0) is 14.7. The predicted molar refractivity (Wildman–Crippen MR) is 82.2 cm³/mol. The molecule has 0 atom stereocenters. The summed E-state index contributed by atoms with van der Waals surface area (Å²) in [6.45, 7) is 12.1. The highest BCUT2D eigenvalue weighted by Gasteiger charge is 2.15. The van der Waals surface area contributed by atoms with Crippen molar-refractivity contribution >= 4 is 11.9 Å². The lowest BCUT2D eigenvalue weighted by Crippen LogP contribution is -2.09. The van der Waals surface area contributed by atoms with Gasteiger partial charge in [-0.25, -0.2) is 8.70 Å². The van der Waals surface area contributed by atoms with E-state index in [1.54, 1.807) is 19.2 Å². The summed E-state index contributed by atoms with van der Waals surface area (Å²) in [4.78, 5) is 0.678. The monoisotopic (exact) mass is 285 g/mol. The van der Waals surface area contributed by atoms with Gasteiger partial charge in [-0.15, -0.1) is 13.2 Å². The van der Waals surface area contributed by atoms with E-state index in [1.807, 2.05) is 13.8 Å². The van der Waals surface area contributed by atoms with Crippen LogP contribution in [0.25, 0.3) is 0 Å². The molecule has 1 aromatic rings. The van der Waals surface area contributed by atoms with Crippen LogP contribution in [0.2, 0.25) is 0 Å². The summed E-state index contributed by atoms with van der Waals surface area (Å²) in [6.07, 6.45) is 2.43. The highest BCUT2D eigenvalue weighted by Crippen LogP contribution is 2.30. The summed E-state index contributed by atoms with van der Waals surface area (Å²) in [5.74, 6) is 0.365. The SMILES string of the molecule is C=C.CC.COc1ccc(SN2CCCC2)c(F)c1.